The lowest BCUT2D eigenvalue weighted by atomic mass is 10.1. The first-order chi connectivity index (χ1) is 16.0. The SMILES string of the molecule is O=C(O)CCc1cc(C2CCCN2C(=O)Cc2ccc(OCc3ccc(F)cc3)cc2)no1. The number of rotatable bonds is 9. The third-order valence-corrected chi connectivity index (χ3v) is 5.67. The molecule has 1 atom stereocenters. The number of amides is 1. The van der Waals surface area contributed by atoms with Crippen LogP contribution < -0.4 is 4.74 Å². The fourth-order valence-electron chi connectivity index (χ4n) is 3.93. The van der Waals surface area contributed by atoms with E-state index in [-0.39, 0.29) is 37.0 Å². The van der Waals surface area contributed by atoms with E-state index >= 15 is 0 Å². The first-order valence-electron chi connectivity index (χ1n) is 10.9. The van der Waals surface area contributed by atoms with Crippen LogP contribution in [-0.4, -0.2) is 33.6 Å². The Morgan fingerprint density at radius 1 is 1.12 bits per heavy atom. The molecule has 0 spiro atoms. The van der Waals surface area contributed by atoms with Crippen LogP contribution in [0.4, 0.5) is 4.39 Å². The van der Waals surface area contributed by atoms with Gasteiger partial charge in [0, 0.05) is 19.0 Å². The second kappa shape index (κ2) is 10.3. The van der Waals surface area contributed by atoms with E-state index in [9.17, 15) is 14.0 Å². The molecule has 1 saturated heterocycles. The number of hydrogen-bond donors (Lipinski definition) is 1. The molecule has 8 heteroatoms. The highest BCUT2D eigenvalue weighted by atomic mass is 19.1. The van der Waals surface area contributed by atoms with Gasteiger partial charge in [0.25, 0.3) is 0 Å². The molecule has 0 radical (unpaired) electrons. The maximum Gasteiger partial charge on any atom is 0.303 e. The predicted octanol–water partition coefficient (Wildman–Crippen LogP) is 4.32. The molecule has 0 bridgehead atoms. The zero-order valence-electron chi connectivity index (χ0n) is 18.1. The van der Waals surface area contributed by atoms with Gasteiger partial charge in [-0.25, -0.2) is 4.39 Å². The molecule has 1 N–H and O–H groups in total. The number of halogens is 1. The Morgan fingerprint density at radius 2 is 1.85 bits per heavy atom. The molecule has 1 aliphatic heterocycles. The van der Waals surface area contributed by atoms with Crippen LogP contribution in [0.5, 0.6) is 5.75 Å². The normalized spacial score (nSPS) is 15.5. The number of carboxylic acid groups (broad SMARTS) is 1. The summed E-state index contributed by atoms with van der Waals surface area (Å²) in [7, 11) is 0. The highest BCUT2D eigenvalue weighted by Gasteiger charge is 2.32. The second-order valence-corrected chi connectivity index (χ2v) is 8.09. The number of aromatic nitrogens is 1. The summed E-state index contributed by atoms with van der Waals surface area (Å²) in [5, 5.41) is 12.9. The number of nitrogens with zero attached hydrogens (tertiary/aromatic N) is 2. The summed E-state index contributed by atoms with van der Waals surface area (Å²) < 4.78 is 24.0. The lowest BCUT2D eigenvalue weighted by molar-refractivity contribution is -0.137. The Hall–Kier alpha value is -3.68. The van der Waals surface area contributed by atoms with Gasteiger partial charge in [0.2, 0.25) is 5.91 Å². The van der Waals surface area contributed by atoms with Crippen molar-refractivity contribution in [3.8, 4) is 5.75 Å². The van der Waals surface area contributed by atoms with Crippen LogP contribution in [0.25, 0.3) is 0 Å². The maximum atomic E-state index is 13.0. The number of aliphatic carboxylic acids is 1. The van der Waals surface area contributed by atoms with E-state index < -0.39 is 5.97 Å². The van der Waals surface area contributed by atoms with Gasteiger partial charge in [0.05, 0.1) is 18.9 Å². The van der Waals surface area contributed by atoms with E-state index in [4.69, 9.17) is 14.4 Å². The highest BCUT2D eigenvalue weighted by molar-refractivity contribution is 5.79. The summed E-state index contributed by atoms with van der Waals surface area (Å²) in [6.45, 7) is 0.986. The Balaban J connectivity index is 1.32. The Morgan fingerprint density at radius 3 is 2.58 bits per heavy atom. The molecular formula is C25H25FN2O5. The van der Waals surface area contributed by atoms with Crippen LogP contribution >= 0.6 is 0 Å². The Labute approximate surface area is 190 Å². The molecule has 4 rings (SSSR count). The van der Waals surface area contributed by atoms with Gasteiger partial charge in [-0.2, -0.15) is 0 Å². The molecule has 1 amide bonds. The van der Waals surface area contributed by atoms with Gasteiger partial charge in [-0.05, 0) is 48.2 Å². The smallest absolute Gasteiger partial charge is 0.303 e. The van der Waals surface area contributed by atoms with Crippen molar-refractivity contribution in [3.63, 3.8) is 0 Å². The molecule has 1 unspecified atom stereocenters. The number of ether oxygens (including phenoxy) is 1. The van der Waals surface area contributed by atoms with Crippen molar-refractivity contribution < 1.29 is 28.3 Å². The molecule has 33 heavy (non-hydrogen) atoms. The Bertz CT molecular complexity index is 1090. The fraction of sp³-hybridized carbons (Fsp3) is 0.320. The predicted molar refractivity (Wildman–Crippen MR) is 117 cm³/mol. The standard InChI is InChI=1S/C25H25FN2O5/c26-19-7-3-18(4-8-19)16-32-20-9-5-17(6-10-20)14-24(29)28-13-1-2-23(28)22-15-21(33-27-22)11-12-25(30)31/h3-10,15,23H,1-2,11-14,16H2,(H,30,31). The monoisotopic (exact) mass is 452 g/mol. The van der Waals surface area contributed by atoms with Crippen LogP contribution in [0.15, 0.2) is 59.1 Å². The molecule has 172 valence electrons. The van der Waals surface area contributed by atoms with Gasteiger partial charge in [0.1, 0.15) is 29.6 Å². The maximum absolute atomic E-state index is 13.0. The minimum Gasteiger partial charge on any atom is -0.489 e. The number of benzene rings is 2. The van der Waals surface area contributed by atoms with Crippen molar-refractivity contribution in [2.45, 2.75) is 44.8 Å². The zero-order chi connectivity index (χ0) is 23.2. The molecule has 1 aliphatic rings. The number of carbonyl (C=O) groups is 2. The molecule has 0 saturated carbocycles. The van der Waals surface area contributed by atoms with Crippen LogP contribution in [-0.2, 0) is 29.0 Å². The van der Waals surface area contributed by atoms with Crippen LogP contribution in [0.1, 0.15) is 47.9 Å². The topological polar surface area (TPSA) is 92.9 Å². The number of hydrogen-bond acceptors (Lipinski definition) is 5. The van der Waals surface area contributed by atoms with Crippen LogP contribution in [0, 0.1) is 5.82 Å². The lowest BCUT2D eigenvalue weighted by Gasteiger charge is -2.23. The van der Waals surface area contributed by atoms with Gasteiger partial charge in [0.15, 0.2) is 0 Å². The molecular weight excluding hydrogens is 427 g/mol. The minimum atomic E-state index is -0.891. The van der Waals surface area contributed by atoms with Crippen molar-refractivity contribution >= 4 is 11.9 Å². The zero-order valence-corrected chi connectivity index (χ0v) is 18.1. The van der Waals surface area contributed by atoms with Crippen molar-refractivity contribution in [2.24, 2.45) is 0 Å². The fourth-order valence-corrected chi connectivity index (χ4v) is 3.93. The summed E-state index contributed by atoms with van der Waals surface area (Å²) in [6.07, 6.45) is 2.19. The van der Waals surface area contributed by atoms with Crippen LogP contribution in [0.3, 0.4) is 0 Å². The molecule has 7 nitrogen and oxygen atoms in total. The Kier molecular flexibility index (Phi) is 7.02. The van der Waals surface area contributed by atoms with Crippen molar-refractivity contribution in [2.75, 3.05) is 6.54 Å². The average molecular weight is 452 g/mol. The summed E-state index contributed by atoms with van der Waals surface area (Å²) >= 11 is 0. The summed E-state index contributed by atoms with van der Waals surface area (Å²) in [5.74, 6) is 0.0224. The summed E-state index contributed by atoms with van der Waals surface area (Å²) in [5.41, 5.74) is 2.42. The van der Waals surface area contributed by atoms with E-state index in [0.29, 0.717) is 30.4 Å². The van der Waals surface area contributed by atoms with E-state index in [2.05, 4.69) is 5.16 Å². The van der Waals surface area contributed by atoms with Gasteiger partial charge in [-0.15, -0.1) is 0 Å². The third-order valence-electron chi connectivity index (χ3n) is 5.67. The van der Waals surface area contributed by atoms with Crippen molar-refractivity contribution in [1.29, 1.82) is 0 Å². The number of carboxylic acids is 1. The molecule has 2 heterocycles. The van der Waals surface area contributed by atoms with E-state index in [0.717, 1.165) is 24.0 Å². The van der Waals surface area contributed by atoms with Gasteiger partial charge < -0.3 is 19.3 Å². The average Bonchev–Trinajstić information content (AvgIpc) is 3.48. The van der Waals surface area contributed by atoms with Gasteiger partial charge in [-0.1, -0.05) is 29.4 Å². The number of likely N-dealkylation sites (tertiary alicyclic amines) is 1. The van der Waals surface area contributed by atoms with Gasteiger partial charge >= 0.3 is 5.97 Å². The summed E-state index contributed by atoms with van der Waals surface area (Å²) in [6, 6.07) is 15.1. The first kappa shape index (κ1) is 22.5. The van der Waals surface area contributed by atoms with E-state index in [1.54, 1.807) is 18.2 Å². The van der Waals surface area contributed by atoms with Crippen molar-refractivity contribution in [3.05, 3.63) is 83.0 Å². The third kappa shape index (κ3) is 5.97. The largest absolute Gasteiger partial charge is 0.489 e. The molecule has 1 fully saturated rings. The highest BCUT2D eigenvalue weighted by Crippen LogP contribution is 2.32. The van der Waals surface area contributed by atoms with Gasteiger partial charge in [-0.3, -0.25) is 9.59 Å². The lowest BCUT2D eigenvalue weighted by Crippen LogP contribution is -2.32. The first-order valence-corrected chi connectivity index (χ1v) is 10.9. The van der Waals surface area contributed by atoms with Crippen molar-refractivity contribution in [1.82, 2.24) is 10.1 Å². The minimum absolute atomic E-state index is 0.00701. The molecule has 0 aliphatic carbocycles. The molecule has 2 aromatic carbocycles. The molecule has 3 aromatic rings. The molecule has 1 aromatic heterocycles. The second-order valence-electron chi connectivity index (χ2n) is 8.09. The summed E-state index contributed by atoms with van der Waals surface area (Å²) in [4.78, 5) is 25.5. The van der Waals surface area contributed by atoms with E-state index in [1.807, 2.05) is 29.2 Å². The number of aryl methyl sites for hydroxylation is 1. The quantitative estimate of drug-likeness (QED) is 0.520. The van der Waals surface area contributed by atoms with E-state index in [1.165, 1.54) is 12.1 Å². The van der Waals surface area contributed by atoms with Crippen LogP contribution in [0.2, 0.25) is 0 Å². The number of carbonyl (C=O) groups excluding carboxylic acids is 1.